The first-order valence-electron chi connectivity index (χ1n) is 3.99. The van der Waals surface area contributed by atoms with E-state index < -0.39 is 30.5 Å². The van der Waals surface area contributed by atoms with Crippen molar-refractivity contribution < 1.29 is 35.8 Å². The molecule has 0 rings (SSSR count). The molecule has 0 aromatic carbocycles. The summed E-state index contributed by atoms with van der Waals surface area (Å²) in [6.07, 6.45) is -10.4. The third-order valence-electron chi connectivity index (χ3n) is 1.76. The van der Waals surface area contributed by atoms with Crippen LogP contribution in [-0.2, 0) is 0 Å². The molecule has 0 aliphatic rings. The highest BCUT2D eigenvalue weighted by molar-refractivity contribution is 4.95. The Balaban J connectivity index is 5.00. The van der Waals surface area contributed by atoms with Crippen LogP contribution in [0.25, 0.3) is 0 Å². The van der Waals surface area contributed by atoms with Crippen LogP contribution in [0.4, 0.5) is 30.7 Å². The molecule has 0 heterocycles. The maximum atomic E-state index is 12.6. The summed E-state index contributed by atoms with van der Waals surface area (Å²) in [5, 5.41) is 8.55. The molecule has 0 saturated heterocycles. The maximum Gasteiger partial charge on any atom is 0.459 e. The molecule has 1 atom stereocenters. The standard InChI is InChI=1S/C7H9F7O/c1-2-3-4(15)5(8,9)6(10,11)7(12,13)14/h4,15H,2-3H2,1H3/t4-/m1/s1. The van der Waals surface area contributed by atoms with Gasteiger partial charge in [0, 0.05) is 0 Å². The fourth-order valence-corrected chi connectivity index (χ4v) is 0.853. The SMILES string of the molecule is CCC[C@@H](O)C(F)(F)C(F)(F)C(F)(F)F. The Morgan fingerprint density at radius 3 is 1.67 bits per heavy atom. The van der Waals surface area contributed by atoms with Gasteiger partial charge in [-0.05, 0) is 6.42 Å². The molecule has 15 heavy (non-hydrogen) atoms. The van der Waals surface area contributed by atoms with E-state index in [1.165, 1.54) is 6.92 Å². The first-order chi connectivity index (χ1) is 6.48. The molecule has 0 aromatic rings. The number of halogens is 7. The largest absolute Gasteiger partial charge is 0.459 e. The first-order valence-corrected chi connectivity index (χ1v) is 3.99. The molecule has 0 bridgehead atoms. The molecular formula is C7H9F7O. The van der Waals surface area contributed by atoms with Gasteiger partial charge in [-0.3, -0.25) is 0 Å². The second-order valence-corrected chi connectivity index (χ2v) is 3.00. The van der Waals surface area contributed by atoms with Gasteiger partial charge in [0.1, 0.15) is 6.10 Å². The Labute approximate surface area is 80.9 Å². The quantitative estimate of drug-likeness (QED) is 0.751. The Kier molecular flexibility index (Phi) is 4.00. The van der Waals surface area contributed by atoms with Crippen molar-refractivity contribution in [3.63, 3.8) is 0 Å². The molecule has 0 aromatic heterocycles. The summed E-state index contributed by atoms with van der Waals surface area (Å²) in [4.78, 5) is 0. The topological polar surface area (TPSA) is 20.2 Å². The normalized spacial score (nSPS) is 16.6. The summed E-state index contributed by atoms with van der Waals surface area (Å²) >= 11 is 0. The van der Waals surface area contributed by atoms with Crippen LogP contribution in [0.5, 0.6) is 0 Å². The molecule has 0 fully saturated rings. The number of aliphatic hydroxyl groups is 1. The van der Waals surface area contributed by atoms with Gasteiger partial charge in [0.15, 0.2) is 0 Å². The van der Waals surface area contributed by atoms with E-state index in [-0.39, 0.29) is 6.42 Å². The lowest BCUT2D eigenvalue weighted by Crippen LogP contribution is -2.57. The predicted molar refractivity (Wildman–Crippen MR) is 36.9 cm³/mol. The van der Waals surface area contributed by atoms with E-state index in [0.717, 1.165) is 0 Å². The average Bonchev–Trinajstić information content (AvgIpc) is 2.02. The van der Waals surface area contributed by atoms with Crippen molar-refractivity contribution in [1.29, 1.82) is 0 Å². The molecule has 0 spiro atoms. The lowest BCUT2D eigenvalue weighted by molar-refractivity contribution is -0.371. The van der Waals surface area contributed by atoms with Gasteiger partial charge in [0.2, 0.25) is 0 Å². The lowest BCUT2D eigenvalue weighted by atomic mass is 10.0. The lowest BCUT2D eigenvalue weighted by Gasteiger charge is -2.31. The van der Waals surface area contributed by atoms with Crippen LogP contribution in [0, 0.1) is 0 Å². The number of aliphatic hydroxyl groups excluding tert-OH is 1. The molecular weight excluding hydrogens is 233 g/mol. The highest BCUT2D eigenvalue weighted by Gasteiger charge is 2.75. The van der Waals surface area contributed by atoms with Crippen LogP contribution in [0.1, 0.15) is 19.8 Å². The number of hydrogen-bond donors (Lipinski definition) is 1. The summed E-state index contributed by atoms with van der Waals surface area (Å²) in [5.41, 5.74) is 0. The van der Waals surface area contributed by atoms with Crippen LogP contribution in [-0.4, -0.2) is 29.2 Å². The average molecular weight is 242 g/mol. The molecule has 92 valence electrons. The highest BCUT2D eigenvalue weighted by Crippen LogP contribution is 2.48. The monoisotopic (exact) mass is 242 g/mol. The highest BCUT2D eigenvalue weighted by atomic mass is 19.4. The first kappa shape index (κ1) is 14.5. The zero-order chi connectivity index (χ0) is 12.5. The van der Waals surface area contributed by atoms with E-state index in [1.54, 1.807) is 0 Å². The van der Waals surface area contributed by atoms with Gasteiger partial charge in [0.25, 0.3) is 0 Å². The fraction of sp³-hybridized carbons (Fsp3) is 1.00. The molecule has 0 radical (unpaired) electrons. The minimum Gasteiger partial charge on any atom is -0.387 e. The molecule has 8 heteroatoms. The predicted octanol–water partition coefficient (Wildman–Crippen LogP) is 2.98. The zero-order valence-electron chi connectivity index (χ0n) is 7.58. The summed E-state index contributed by atoms with van der Waals surface area (Å²) in [7, 11) is 0. The van der Waals surface area contributed by atoms with Crippen molar-refractivity contribution in [2.45, 2.75) is 43.9 Å². The van der Waals surface area contributed by atoms with Gasteiger partial charge < -0.3 is 5.11 Å². The Morgan fingerprint density at radius 1 is 1.00 bits per heavy atom. The smallest absolute Gasteiger partial charge is 0.387 e. The third kappa shape index (κ3) is 2.53. The fourth-order valence-electron chi connectivity index (χ4n) is 0.853. The summed E-state index contributed by atoms with van der Waals surface area (Å²) in [5.74, 6) is -11.7. The van der Waals surface area contributed by atoms with E-state index in [1.807, 2.05) is 0 Å². The van der Waals surface area contributed by atoms with Crippen LogP contribution in [0.3, 0.4) is 0 Å². The van der Waals surface area contributed by atoms with Crippen molar-refractivity contribution in [3.05, 3.63) is 0 Å². The second-order valence-electron chi connectivity index (χ2n) is 3.00. The van der Waals surface area contributed by atoms with Crippen LogP contribution < -0.4 is 0 Å². The Bertz CT molecular complexity index is 210. The Hall–Kier alpha value is -0.530. The number of alkyl halides is 7. The third-order valence-corrected chi connectivity index (χ3v) is 1.76. The van der Waals surface area contributed by atoms with E-state index in [9.17, 15) is 30.7 Å². The minimum atomic E-state index is -6.38. The molecule has 0 amide bonds. The zero-order valence-corrected chi connectivity index (χ0v) is 7.58. The summed E-state index contributed by atoms with van der Waals surface area (Å²) in [6, 6.07) is 0. The molecule has 0 aliphatic carbocycles. The second kappa shape index (κ2) is 4.15. The van der Waals surface area contributed by atoms with E-state index in [4.69, 9.17) is 5.11 Å². The molecule has 1 nitrogen and oxygen atoms in total. The van der Waals surface area contributed by atoms with Gasteiger partial charge in [0.05, 0.1) is 0 Å². The van der Waals surface area contributed by atoms with Crippen molar-refractivity contribution in [1.82, 2.24) is 0 Å². The van der Waals surface area contributed by atoms with E-state index >= 15 is 0 Å². The van der Waals surface area contributed by atoms with Crippen molar-refractivity contribution in [3.8, 4) is 0 Å². The molecule has 0 unspecified atom stereocenters. The van der Waals surface area contributed by atoms with E-state index in [0.29, 0.717) is 0 Å². The Morgan fingerprint density at radius 2 is 1.40 bits per heavy atom. The van der Waals surface area contributed by atoms with Crippen LogP contribution >= 0.6 is 0 Å². The van der Waals surface area contributed by atoms with E-state index in [2.05, 4.69) is 0 Å². The summed E-state index contributed by atoms with van der Waals surface area (Å²) < 4.78 is 84.4. The van der Waals surface area contributed by atoms with Gasteiger partial charge in [-0.15, -0.1) is 0 Å². The van der Waals surface area contributed by atoms with Gasteiger partial charge >= 0.3 is 18.0 Å². The van der Waals surface area contributed by atoms with Crippen molar-refractivity contribution >= 4 is 0 Å². The summed E-state index contributed by atoms with van der Waals surface area (Å²) in [6.45, 7) is 1.27. The molecule has 0 saturated carbocycles. The van der Waals surface area contributed by atoms with Crippen molar-refractivity contribution in [2.24, 2.45) is 0 Å². The van der Waals surface area contributed by atoms with Gasteiger partial charge in [-0.1, -0.05) is 13.3 Å². The maximum absolute atomic E-state index is 12.6. The van der Waals surface area contributed by atoms with Crippen molar-refractivity contribution in [2.75, 3.05) is 0 Å². The number of rotatable bonds is 4. The minimum absolute atomic E-state index is 0.134. The van der Waals surface area contributed by atoms with Gasteiger partial charge in [-0.2, -0.15) is 30.7 Å². The van der Waals surface area contributed by atoms with Crippen LogP contribution in [0.15, 0.2) is 0 Å². The van der Waals surface area contributed by atoms with Gasteiger partial charge in [-0.25, -0.2) is 0 Å². The molecule has 0 aliphatic heterocycles. The van der Waals surface area contributed by atoms with Crippen LogP contribution in [0.2, 0.25) is 0 Å². The molecule has 1 N–H and O–H groups in total. The number of hydrogen-bond acceptors (Lipinski definition) is 1.